The molecule has 1 aliphatic rings. The molecule has 29 heavy (non-hydrogen) atoms. The molecule has 2 aromatic carbocycles. The van der Waals surface area contributed by atoms with Gasteiger partial charge in [0.25, 0.3) is 5.56 Å². The number of hydrogen-bond acceptors (Lipinski definition) is 4. The van der Waals surface area contributed by atoms with Crippen LogP contribution in [-0.2, 0) is 9.53 Å². The number of nitrogens with zero attached hydrogens (tertiary/aromatic N) is 2. The van der Waals surface area contributed by atoms with Gasteiger partial charge in [-0.05, 0) is 43.7 Å². The lowest BCUT2D eigenvalue weighted by Crippen LogP contribution is -2.21. The molecule has 6 heteroatoms. The third-order valence-corrected chi connectivity index (χ3v) is 5.30. The molecule has 1 saturated heterocycles. The first-order valence-electron chi connectivity index (χ1n) is 9.55. The van der Waals surface area contributed by atoms with E-state index in [1.165, 1.54) is 15.4 Å². The second-order valence-electron chi connectivity index (χ2n) is 7.38. The van der Waals surface area contributed by atoms with Gasteiger partial charge in [-0.1, -0.05) is 43.3 Å². The number of hydrogen-bond donors (Lipinski definition) is 1. The second-order valence-corrected chi connectivity index (χ2v) is 7.38. The minimum absolute atomic E-state index is 0.0602. The molecule has 1 aromatic heterocycles. The second kappa shape index (κ2) is 7.13. The molecule has 0 amide bonds. The molecule has 0 aliphatic carbocycles. The Morgan fingerprint density at radius 1 is 1.00 bits per heavy atom. The zero-order valence-corrected chi connectivity index (χ0v) is 16.3. The van der Waals surface area contributed by atoms with E-state index in [0.29, 0.717) is 29.8 Å². The van der Waals surface area contributed by atoms with Gasteiger partial charge in [-0.2, -0.15) is 0 Å². The summed E-state index contributed by atoms with van der Waals surface area (Å²) in [6.07, 6.45) is 2.52. The SMILES string of the molecule is CCC1(C)CC(=Cc2c(O)n(-c3ccccc3)n(-c3ccccc3)c2=O)C(=O)O1. The fourth-order valence-corrected chi connectivity index (χ4v) is 3.53. The van der Waals surface area contributed by atoms with Gasteiger partial charge in [0.1, 0.15) is 11.2 Å². The Morgan fingerprint density at radius 2 is 1.55 bits per heavy atom. The average molecular weight is 390 g/mol. The van der Waals surface area contributed by atoms with Crippen molar-refractivity contribution in [3.8, 4) is 17.3 Å². The summed E-state index contributed by atoms with van der Waals surface area (Å²) in [6.45, 7) is 3.81. The van der Waals surface area contributed by atoms with Crippen LogP contribution in [0.15, 0.2) is 71.0 Å². The first kappa shape index (κ1) is 18.8. The molecule has 3 aromatic rings. The molecule has 0 spiro atoms. The lowest BCUT2D eigenvalue weighted by molar-refractivity contribution is -0.145. The van der Waals surface area contributed by atoms with Crippen LogP contribution in [0.5, 0.6) is 5.88 Å². The fourth-order valence-electron chi connectivity index (χ4n) is 3.53. The van der Waals surface area contributed by atoms with Gasteiger partial charge in [0.15, 0.2) is 0 Å². The van der Waals surface area contributed by atoms with Gasteiger partial charge < -0.3 is 9.84 Å². The van der Waals surface area contributed by atoms with E-state index in [4.69, 9.17) is 4.74 Å². The van der Waals surface area contributed by atoms with E-state index in [-0.39, 0.29) is 11.4 Å². The van der Waals surface area contributed by atoms with Crippen LogP contribution in [0, 0.1) is 0 Å². The summed E-state index contributed by atoms with van der Waals surface area (Å²) < 4.78 is 8.31. The Kier molecular flexibility index (Phi) is 4.62. The van der Waals surface area contributed by atoms with E-state index in [2.05, 4.69) is 0 Å². The van der Waals surface area contributed by atoms with Gasteiger partial charge in [0, 0.05) is 12.0 Å². The number of para-hydroxylation sites is 2. The third-order valence-electron chi connectivity index (χ3n) is 5.30. The van der Waals surface area contributed by atoms with Gasteiger partial charge >= 0.3 is 5.97 Å². The average Bonchev–Trinajstić information content (AvgIpc) is 3.17. The highest BCUT2D eigenvalue weighted by Gasteiger charge is 2.38. The van der Waals surface area contributed by atoms with Crippen molar-refractivity contribution in [2.24, 2.45) is 0 Å². The molecular weight excluding hydrogens is 368 g/mol. The van der Waals surface area contributed by atoms with E-state index in [0.717, 1.165) is 0 Å². The van der Waals surface area contributed by atoms with Crippen molar-refractivity contribution in [3.05, 3.63) is 82.2 Å². The van der Waals surface area contributed by atoms with E-state index >= 15 is 0 Å². The monoisotopic (exact) mass is 390 g/mol. The molecule has 0 bridgehead atoms. The Labute approximate surface area is 168 Å². The molecule has 1 N–H and O–H groups in total. The Morgan fingerprint density at radius 3 is 2.07 bits per heavy atom. The molecule has 0 radical (unpaired) electrons. The summed E-state index contributed by atoms with van der Waals surface area (Å²) in [4.78, 5) is 25.6. The summed E-state index contributed by atoms with van der Waals surface area (Å²) in [6, 6.07) is 18.2. The topological polar surface area (TPSA) is 73.5 Å². The van der Waals surface area contributed by atoms with Crippen LogP contribution < -0.4 is 5.56 Å². The normalized spacial score (nSPS) is 20.2. The predicted octanol–water partition coefficient (Wildman–Crippen LogP) is 3.83. The molecule has 148 valence electrons. The maximum absolute atomic E-state index is 13.3. The van der Waals surface area contributed by atoms with Crippen LogP contribution >= 0.6 is 0 Å². The third kappa shape index (κ3) is 3.27. The van der Waals surface area contributed by atoms with Crippen molar-refractivity contribution in [2.75, 3.05) is 0 Å². The number of rotatable bonds is 4. The summed E-state index contributed by atoms with van der Waals surface area (Å²) in [5.41, 5.74) is 0.677. The molecule has 1 atom stereocenters. The van der Waals surface area contributed by atoms with Gasteiger partial charge in [0.2, 0.25) is 5.88 Å². The van der Waals surface area contributed by atoms with Crippen molar-refractivity contribution in [1.82, 2.24) is 9.36 Å². The molecule has 1 unspecified atom stereocenters. The number of aromatic hydroxyl groups is 1. The molecular formula is C23H22N2O4. The molecule has 1 fully saturated rings. The largest absolute Gasteiger partial charge is 0.493 e. The number of carbonyl (C=O) groups is 1. The van der Waals surface area contributed by atoms with Gasteiger partial charge in [-0.15, -0.1) is 0 Å². The highest BCUT2D eigenvalue weighted by molar-refractivity contribution is 5.96. The Bertz CT molecular complexity index is 1140. The summed E-state index contributed by atoms with van der Waals surface area (Å²) >= 11 is 0. The summed E-state index contributed by atoms with van der Waals surface area (Å²) in [5, 5.41) is 11.0. The number of carbonyl (C=O) groups excluding carboxylic acids is 1. The number of cyclic esters (lactones) is 1. The van der Waals surface area contributed by atoms with Crippen LogP contribution in [0.1, 0.15) is 32.3 Å². The van der Waals surface area contributed by atoms with Gasteiger partial charge in [0.05, 0.1) is 11.4 Å². The van der Waals surface area contributed by atoms with Crippen LogP contribution in [0.2, 0.25) is 0 Å². The van der Waals surface area contributed by atoms with Crippen molar-refractivity contribution in [3.63, 3.8) is 0 Å². The number of benzene rings is 2. The molecule has 0 saturated carbocycles. The van der Waals surface area contributed by atoms with E-state index in [1.807, 2.05) is 50.2 Å². The maximum Gasteiger partial charge on any atom is 0.334 e. The molecule has 2 heterocycles. The van der Waals surface area contributed by atoms with Crippen molar-refractivity contribution >= 4 is 12.0 Å². The minimum Gasteiger partial charge on any atom is -0.493 e. The first-order chi connectivity index (χ1) is 13.9. The predicted molar refractivity (Wildman–Crippen MR) is 110 cm³/mol. The van der Waals surface area contributed by atoms with Crippen LogP contribution in [0.4, 0.5) is 0 Å². The van der Waals surface area contributed by atoms with Crippen molar-refractivity contribution in [1.29, 1.82) is 0 Å². The first-order valence-corrected chi connectivity index (χ1v) is 9.55. The zero-order chi connectivity index (χ0) is 20.6. The zero-order valence-electron chi connectivity index (χ0n) is 16.3. The molecule has 6 nitrogen and oxygen atoms in total. The van der Waals surface area contributed by atoms with Crippen molar-refractivity contribution in [2.45, 2.75) is 32.3 Å². The molecule has 4 rings (SSSR count). The van der Waals surface area contributed by atoms with Crippen LogP contribution in [0.25, 0.3) is 17.5 Å². The Hall–Kier alpha value is -3.54. The molecule has 1 aliphatic heterocycles. The number of ether oxygens (including phenoxy) is 1. The highest BCUT2D eigenvalue weighted by atomic mass is 16.6. The van der Waals surface area contributed by atoms with E-state index in [9.17, 15) is 14.7 Å². The lowest BCUT2D eigenvalue weighted by Gasteiger charge is -2.18. The maximum atomic E-state index is 13.3. The van der Waals surface area contributed by atoms with Crippen molar-refractivity contribution < 1.29 is 14.6 Å². The highest BCUT2D eigenvalue weighted by Crippen LogP contribution is 2.35. The standard InChI is InChI=1S/C23H22N2O4/c1-3-23(2)15-16(22(28)29-23)14-19-20(26)24(17-10-6-4-7-11-17)25(21(19)27)18-12-8-5-9-13-18/h4-14,26H,3,15H2,1-2H3. The number of aromatic nitrogens is 2. The van der Waals surface area contributed by atoms with Gasteiger partial charge in [-0.25, -0.2) is 14.2 Å². The fraction of sp³-hybridized carbons (Fsp3) is 0.217. The van der Waals surface area contributed by atoms with Crippen LogP contribution in [0.3, 0.4) is 0 Å². The summed E-state index contributed by atoms with van der Waals surface area (Å²) in [5.74, 6) is -0.678. The smallest absolute Gasteiger partial charge is 0.334 e. The van der Waals surface area contributed by atoms with E-state index < -0.39 is 17.1 Å². The lowest BCUT2D eigenvalue weighted by atomic mass is 9.96. The quantitative estimate of drug-likeness (QED) is 0.543. The van der Waals surface area contributed by atoms with E-state index in [1.54, 1.807) is 24.3 Å². The minimum atomic E-state index is -0.584. The Balaban J connectivity index is 1.94. The number of esters is 1. The van der Waals surface area contributed by atoms with Crippen LogP contribution in [-0.4, -0.2) is 26.0 Å². The van der Waals surface area contributed by atoms with Gasteiger partial charge in [-0.3, -0.25) is 4.79 Å². The summed E-state index contributed by atoms with van der Waals surface area (Å²) in [7, 11) is 0.